The quantitative estimate of drug-likeness (QED) is 0.468. The van der Waals surface area contributed by atoms with Gasteiger partial charge in [0.05, 0.1) is 0 Å². The SMILES string of the molecule is CCCCNC(=O)[C@H](CC)N(Cc1ccccc1Cl)C(=O)COc1ccc(CC)cc1. The first-order valence-corrected chi connectivity index (χ1v) is 11.4. The summed E-state index contributed by atoms with van der Waals surface area (Å²) in [6.45, 7) is 6.76. The van der Waals surface area contributed by atoms with E-state index in [2.05, 4.69) is 19.2 Å². The predicted molar refractivity (Wildman–Crippen MR) is 125 cm³/mol. The Labute approximate surface area is 190 Å². The second-order valence-corrected chi connectivity index (χ2v) is 7.88. The Morgan fingerprint density at radius 2 is 1.77 bits per heavy atom. The van der Waals surface area contributed by atoms with Crippen molar-refractivity contribution in [3.8, 4) is 5.75 Å². The molecule has 0 aliphatic rings. The van der Waals surface area contributed by atoms with Gasteiger partial charge in [0.15, 0.2) is 6.61 Å². The van der Waals surface area contributed by atoms with Crippen LogP contribution in [0.25, 0.3) is 0 Å². The van der Waals surface area contributed by atoms with Crippen LogP contribution in [-0.4, -0.2) is 35.9 Å². The molecule has 0 saturated heterocycles. The second kappa shape index (κ2) is 13.0. The van der Waals surface area contributed by atoms with Crippen LogP contribution in [0.5, 0.6) is 5.75 Å². The smallest absolute Gasteiger partial charge is 0.261 e. The molecule has 0 aliphatic heterocycles. The van der Waals surface area contributed by atoms with Gasteiger partial charge in [0.2, 0.25) is 5.91 Å². The predicted octanol–water partition coefficient (Wildman–Crippen LogP) is 5.00. The Kier molecular flexibility index (Phi) is 10.4. The molecule has 0 aromatic heterocycles. The summed E-state index contributed by atoms with van der Waals surface area (Å²) in [5.41, 5.74) is 2.00. The number of aryl methyl sites for hydroxylation is 1. The molecule has 0 bridgehead atoms. The molecule has 2 amide bonds. The molecule has 0 radical (unpaired) electrons. The summed E-state index contributed by atoms with van der Waals surface area (Å²) in [7, 11) is 0. The van der Waals surface area contributed by atoms with Crippen molar-refractivity contribution in [2.24, 2.45) is 0 Å². The molecule has 0 aliphatic carbocycles. The summed E-state index contributed by atoms with van der Waals surface area (Å²) in [6, 6.07) is 14.5. The molecule has 5 nitrogen and oxygen atoms in total. The number of unbranched alkanes of at least 4 members (excludes halogenated alkanes) is 1. The highest BCUT2D eigenvalue weighted by molar-refractivity contribution is 6.31. The van der Waals surface area contributed by atoms with Crippen LogP contribution in [-0.2, 0) is 22.6 Å². The molecule has 6 heteroatoms. The number of nitrogens with zero attached hydrogens (tertiary/aromatic N) is 1. The van der Waals surface area contributed by atoms with E-state index in [4.69, 9.17) is 16.3 Å². The molecular formula is C25H33ClN2O3. The molecule has 0 fully saturated rings. The molecular weight excluding hydrogens is 412 g/mol. The normalized spacial score (nSPS) is 11.6. The third-order valence-electron chi connectivity index (χ3n) is 5.21. The first-order valence-electron chi connectivity index (χ1n) is 11.0. The zero-order valence-corrected chi connectivity index (χ0v) is 19.5. The minimum absolute atomic E-state index is 0.144. The van der Waals surface area contributed by atoms with Crippen LogP contribution in [0.15, 0.2) is 48.5 Å². The van der Waals surface area contributed by atoms with E-state index in [1.54, 1.807) is 11.0 Å². The van der Waals surface area contributed by atoms with Crippen LogP contribution in [0.3, 0.4) is 0 Å². The first-order chi connectivity index (χ1) is 15.0. The van der Waals surface area contributed by atoms with E-state index in [1.165, 1.54) is 5.56 Å². The summed E-state index contributed by atoms with van der Waals surface area (Å²) in [5.74, 6) is 0.226. The highest BCUT2D eigenvalue weighted by Gasteiger charge is 2.29. The standard InChI is InChI=1S/C25H33ClN2O3/c1-4-7-16-27-25(30)23(6-3)28(17-20-10-8-9-11-22(20)26)24(29)18-31-21-14-12-19(5-2)13-15-21/h8-15,23H,4-7,16-18H2,1-3H3,(H,27,30)/t23-/m0/s1. The van der Waals surface area contributed by atoms with Crippen LogP contribution in [0.1, 0.15) is 51.2 Å². The van der Waals surface area contributed by atoms with E-state index in [0.717, 1.165) is 24.8 Å². The minimum atomic E-state index is -0.591. The fourth-order valence-corrected chi connectivity index (χ4v) is 3.48. The van der Waals surface area contributed by atoms with Gasteiger partial charge >= 0.3 is 0 Å². The number of halogens is 1. The zero-order valence-electron chi connectivity index (χ0n) is 18.7. The molecule has 31 heavy (non-hydrogen) atoms. The number of nitrogens with one attached hydrogen (secondary N) is 1. The molecule has 1 atom stereocenters. The molecule has 2 aromatic rings. The number of carbonyl (C=O) groups excluding carboxylic acids is 2. The number of ether oxygens (including phenoxy) is 1. The van der Waals surface area contributed by atoms with E-state index in [-0.39, 0.29) is 25.0 Å². The van der Waals surface area contributed by atoms with Crippen molar-refractivity contribution in [2.45, 2.75) is 59.0 Å². The highest BCUT2D eigenvalue weighted by atomic mass is 35.5. The van der Waals surface area contributed by atoms with Gasteiger partial charge < -0.3 is 15.0 Å². The molecule has 2 rings (SSSR count). The Morgan fingerprint density at radius 3 is 2.39 bits per heavy atom. The Bertz CT molecular complexity index is 839. The van der Waals surface area contributed by atoms with Crippen molar-refractivity contribution >= 4 is 23.4 Å². The summed E-state index contributed by atoms with van der Waals surface area (Å²) in [5, 5.41) is 3.52. The topological polar surface area (TPSA) is 58.6 Å². The molecule has 168 valence electrons. The lowest BCUT2D eigenvalue weighted by atomic mass is 10.1. The maximum absolute atomic E-state index is 13.2. The molecule has 0 spiro atoms. The average Bonchev–Trinajstić information content (AvgIpc) is 2.79. The minimum Gasteiger partial charge on any atom is -0.484 e. The third-order valence-corrected chi connectivity index (χ3v) is 5.58. The summed E-state index contributed by atoms with van der Waals surface area (Å²) in [4.78, 5) is 27.6. The van der Waals surface area contributed by atoms with Crippen LogP contribution >= 0.6 is 11.6 Å². The number of rotatable bonds is 12. The van der Waals surface area contributed by atoms with Crippen molar-refractivity contribution in [2.75, 3.05) is 13.2 Å². The highest BCUT2D eigenvalue weighted by Crippen LogP contribution is 2.20. The first kappa shape index (κ1) is 24.7. The lowest BCUT2D eigenvalue weighted by Crippen LogP contribution is -2.50. The van der Waals surface area contributed by atoms with E-state index >= 15 is 0 Å². The monoisotopic (exact) mass is 444 g/mol. The van der Waals surface area contributed by atoms with Crippen molar-refractivity contribution in [1.29, 1.82) is 0 Å². The van der Waals surface area contributed by atoms with Crippen LogP contribution < -0.4 is 10.1 Å². The second-order valence-electron chi connectivity index (χ2n) is 7.47. The Morgan fingerprint density at radius 1 is 1.06 bits per heavy atom. The number of hydrogen-bond acceptors (Lipinski definition) is 3. The zero-order chi connectivity index (χ0) is 22.6. The molecule has 0 heterocycles. The lowest BCUT2D eigenvalue weighted by Gasteiger charge is -2.31. The number of hydrogen-bond donors (Lipinski definition) is 1. The van der Waals surface area contributed by atoms with Gasteiger partial charge in [-0.05, 0) is 48.6 Å². The molecule has 2 aromatic carbocycles. The lowest BCUT2D eigenvalue weighted by molar-refractivity contribution is -0.143. The average molecular weight is 445 g/mol. The summed E-state index contributed by atoms with van der Waals surface area (Å²) >= 11 is 6.33. The largest absolute Gasteiger partial charge is 0.484 e. The van der Waals surface area contributed by atoms with Crippen LogP contribution in [0.4, 0.5) is 0 Å². The number of benzene rings is 2. The fraction of sp³-hybridized carbons (Fsp3) is 0.440. The van der Waals surface area contributed by atoms with E-state index in [0.29, 0.717) is 23.7 Å². The molecule has 0 saturated carbocycles. The number of carbonyl (C=O) groups is 2. The maximum atomic E-state index is 13.2. The van der Waals surface area contributed by atoms with E-state index < -0.39 is 6.04 Å². The van der Waals surface area contributed by atoms with Gasteiger partial charge in [0, 0.05) is 18.1 Å². The fourth-order valence-electron chi connectivity index (χ4n) is 3.29. The third kappa shape index (κ3) is 7.59. The molecule has 1 N–H and O–H groups in total. The van der Waals surface area contributed by atoms with Gasteiger partial charge in [0.1, 0.15) is 11.8 Å². The van der Waals surface area contributed by atoms with Crippen LogP contribution in [0.2, 0.25) is 5.02 Å². The van der Waals surface area contributed by atoms with E-state index in [1.807, 2.05) is 49.4 Å². The van der Waals surface area contributed by atoms with Crippen molar-refractivity contribution in [3.63, 3.8) is 0 Å². The van der Waals surface area contributed by atoms with Crippen molar-refractivity contribution in [1.82, 2.24) is 10.2 Å². The van der Waals surface area contributed by atoms with Gasteiger partial charge in [-0.15, -0.1) is 0 Å². The van der Waals surface area contributed by atoms with Gasteiger partial charge in [0.25, 0.3) is 5.91 Å². The maximum Gasteiger partial charge on any atom is 0.261 e. The van der Waals surface area contributed by atoms with Crippen LogP contribution in [0, 0.1) is 0 Å². The van der Waals surface area contributed by atoms with Gasteiger partial charge in [-0.3, -0.25) is 9.59 Å². The molecule has 0 unspecified atom stereocenters. The summed E-state index contributed by atoms with van der Waals surface area (Å²) in [6.07, 6.45) is 3.33. The Balaban J connectivity index is 2.16. The Hall–Kier alpha value is -2.53. The summed E-state index contributed by atoms with van der Waals surface area (Å²) < 4.78 is 5.73. The van der Waals surface area contributed by atoms with Crippen molar-refractivity contribution in [3.05, 3.63) is 64.7 Å². The van der Waals surface area contributed by atoms with Gasteiger partial charge in [-0.1, -0.05) is 69.1 Å². The van der Waals surface area contributed by atoms with Gasteiger partial charge in [-0.2, -0.15) is 0 Å². The van der Waals surface area contributed by atoms with Crippen molar-refractivity contribution < 1.29 is 14.3 Å². The number of amides is 2. The van der Waals surface area contributed by atoms with Gasteiger partial charge in [-0.25, -0.2) is 0 Å². The van der Waals surface area contributed by atoms with E-state index in [9.17, 15) is 9.59 Å².